The Morgan fingerprint density at radius 3 is 2.59 bits per heavy atom. The van der Waals surface area contributed by atoms with Gasteiger partial charge in [0.05, 0.1) is 5.56 Å². The van der Waals surface area contributed by atoms with E-state index in [9.17, 15) is 18.0 Å². The molecule has 0 amide bonds. The van der Waals surface area contributed by atoms with Crippen molar-refractivity contribution in [3.8, 4) is 11.3 Å². The summed E-state index contributed by atoms with van der Waals surface area (Å²) in [5.74, 6) is -0.524. The minimum atomic E-state index is -4.43. The Labute approximate surface area is 124 Å². The fourth-order valence-electron chi connectivity index (χ4n) is 1.92. The van der Waals surface area contributed by atoms with Gasteiger partial charge in [0.15, 0.2) is 0 Å². The molecular weight excluding hydrogens is 297 g/mol. The zero-order chi connectivity index (χ0) is 16.3. The molecule has 0 unspecified atom stereocenters. The number of carbonyl (C=O) groups is 1. The number of aliphatic carboxylic acids is 1. The molecule has 0 aliphatic rings. The third-order valence-electron chi connectivity index (χ3n) is 3.07. The number of carboxylic acids is 1. The van der Waals surface area contributed by atoms with Crippen LogP contribution in [0.25, 0.3) is 17.4 Å². The first-order chi connectivity index (χ1) is 10.3. The number of carboxylic acid groups (broad SMARTS) is 1. The average Bonchev–Trinajstić information content (AvgIpc) is 2.92. The first kappa shape index (κ1) is 15.9. The van der Waals surface area contributed by atoms with Crippen LogP contribution in [0.1, 0.15) is 24.7 Å². The number of rotatable bonds is 4. The molecule has 3 nitrogen and oxygen atoms in total. The molecular formula is C16H13F3O3. The van der Waals surface area contributed by atoms with Crippen LogP contribution in [0.2, 0.25) is 0 Å². The summed E-state index contributed by atoms with van der Waals surface area (Å²) in [7, 11) is 0. The molecule has 0 fully saturated rings. The maximum atomic E-state index is 12.7. The van der Waals surface area contributed by atoms with Gasteiger partial charge in [-0.05, 0) is 36.8 Å². The molecule has 1 aromatic carbocycles. The Kier molecular flexibility index (Phi) is 4.40. The fraction of sp³-hybridized carbons (Fsp3) is 0.188. The molecule has 6 heteroatoms. The summed E-state index contributed by atoms with van der Waals surface area (Å²) in [6, 6.07) is 7.80. The summed E-state index contributed by atoms with van der Waals surface area (Å²) in [5, 5.41) is 8.95. The Bertz CT molecular complexity index is 711. The van der Waals surface area contributed by atoms with E-state index >= 15 is 0 Å². The first-order valence-corrected chi connectivity index (χ1v) is 6.52. The molecule has 2 rings (SSSR count). The van der Waals surface area contributed by atoms with Crippen molar-refractivity contribution in [2.75, 3.05) is 0 Å². The summed E-state index contributed by atoms with van der Waals surface area (Å²) >= 11 is 0. The lowest BCUT2D eigenvalue weighted by Gasteiger charge is -2.07. The number of alkyl halides is 3. The van der Waals surface area contributed by atoms with Crippen LogP contribution in [0.3, 0.4) is 0 Å². The third kappa shape index (κ3) is 3.58. The SMILES string of the molecule is CCC(=Cc1ccc(-c2cccc(C(F)(F)F)c2)o1)C(=O)O. The van der Waals surface area contributed by atoms with Crippen LogP contribution in [0.4, 0.5) is 13.2 Å². The summed E-state index contributed by atoms with van der Waals surface area (Å²) in [6.07, 6.45) is -2.75. The zero-order valence-corrected chi connectivity index (χ0v) is 11.6. The van der Waals surface area contributed by atoms with Crippen molar-refractivity contribution in [3.63, 3.8) is 0 Å². The Hall–Kier alpha value is -2.50. The second kappa shape index (κ2) is 6.09. The number of furan rings is 1. The highest BCUT2D eigenvalue weighted by atomic mass is 19.4. The molecule has 2 aromatic rings. The van der Waals surface area contributed by atoms with E-state index in [2.05, 4.69) is 0 Å². The Morgan fingerprint density at radius 1 is 1.27 bits per heavy atom. The molecule has 1 aromatic heterocycles. The molecule has 0 bridgehead atoms. The molecule has 0 aliphatic heterocycles. The highest BCUT2D eigenvalue weighted by Gasteiger charge is 2.30. The number of hydrogen-bond acceptors (Lipinski definition) is 2. The van der Waals surface area contributed by atoms with Gasteiger partial charge in [-0.2, -0.15) is 13.2 Å². The van der Waals surface area contributed by atoms with Crippen molar-refractivity contribution >= 4 is 12.0 Å². The van der Waals surface area contributed by atoms with Crippen molar-refractivity contribution in [1.82, 2.24) is 0 Å². The van der Waals surface area contributed by atoms with Crippen LogP contribution in [0.5, 0.6) is 0 Å². The maximum Gasteiger partial charge on any atom is 0.416 e. The molecule has 1 heterocycles. The predicted octanol–water partition coefficient (Wildman–Crippen LogP) is 4.84. The van der Waals surface area contributed by atoms with Gasteiger partial charge in [0.2, 0.25) is 0 Å². The highest BCUT2D eigenvalue weighted by molar-refractivity contribution is 5.91. The molecule has 0 saturated heterocycles. The second-order valence-corrected chi connectivity index (χ2v) is 4.61. The topological polar surface area (TPSA) is 50.4 Å². The molecule has 116 valence electrons. The van der Waals surface area contributed by atoms with Crippen molar-refractivity contribution in [1.29, 1.82) is 0 Å². The van der Waals surface area contributed by atoms with Crippen molar-refractivity contribution in [3.05, 3.63) is 53.3 Å². The normalized spacial score (nSPS) is 12.5. The summed E-state index contributed by atoms with van der Waals surface area (Å²) < 4.78 is 43.5. The van der Waals surface area contributed by atoms with Gasteiger partial charge in [-0.25, -0.2) is 4.79 Å². The zero-order valence-electron chi connectivity index (χ0n) is 11.6. The second-order valence-electron chi connectivity index (χ2n) is 4.61. The van der Waals surface area contributed by atoms with E-state index in [4.69, 9.17) is 9.52 Å². The smallest absolute Gasteiger partial charge is 0.416 e. The molecule has 22 heavy (non-hydrogen) atoms. The first-order valence-electron chi connectivity index (χ1n) is 6.52. The van der Waals surface area contributed by atoms with Crippen LogP contribution in [0, 0.1) is 0 Å². The summed E-state index contributed by atoms with van der Waals surface area (Å²) in [4.78, 5) is 10.9. The molecule has 0 atom stereocenters. The van der Waals surface area contributed by atoms with Gasteiger partial charge in [-0.15, -0.1) is 0 Å². The van der Waals surface area contributed by atoms with Gasteiger partial charge in [-0.1, -0.05) is 19.1 Å². The van der Waals surface area contributed by atoms with Gasteiger partial charge in [0, 0.05) is 11.1 Å². The quantitative estimate of drug-likeness (QED) is 0.822. The predicted molar refractivity (Wildman–Crippen MR) is 75.0 cm³/mol. The van der Waals surface area contributed by atoms with Crippen LogP contribution >= 0.6 is 0 Å². The van der Waals surface area contributed by atoms with Gasteiger partial charge in [0.1, 0.15) is 11.5 Å². The molecule has 1 N–H and O–H groups in total. The maximum absolute atomic E-state index is 12.7. The van der Waals surface area contributed by atoms with Crippen LogP contribution in [-0.2, 0) is 11.0 Å². The number of halogens is 3. The van der Waals surface area contributed by atoms with E-state index in [1.165, 1.54) is 30.3 Å². The largest absolute Gasteiger partial charge is 0.478 e. The van der Waals surface area contributed by atoms with Gasteiger partial charge >= 0.3 is 12.1 Å². The van der Waals surface area contributed by atoms with E-state index in [0.717, 1.165) is 12.1 Å². The molecule has 0 radical (unpaired) electrons. The van der Waals surface area contributed by atoms with E-state index in [1.807, 2.05) is 0 Å². The van der Waals surface area contributed by atoms with E-state index < -0.39 is 17.7 Å². The lowest BCUT2D eigenvalue weighted by molar-refractivity contribution is -0.137. The lowest BCUT2D eigenvalue weighted by Crippen LogP contribution is -2.04. The van der Waals surface area contributed by atoms with E-state index in [-0.39, 0.29) is 22.7 Å². The minimum absolute atomic E-state index is 0.157. The average molecular weight is 310 g/mol. The fourth-order valence-corrected chi connectivity index (χ4v) is 1.92. The van der Waals surface area contributed by atoms with E-state index in [0.29, 0.717) is 6.42 Å². The summed E-state index contributed by atoms with van der Waals surface area (Å²) in [5.41, 5.74) is -0.328. The summed E-state index contributed by atoms with van der Waals surface area (Å²) in [6.45, 7) is 1.69. The lowest BCUT2D eigenvalue weighted by atomic mass is 10.1. The number of hydrogen-bond donors (Lipinski definition) is 1. The van der Waals surface area contributed by atoms with Crippen LogP contribution < -0.4 is 0 Å². The monoisotopic (exact) mass is 310 g/mol. The van der Waals surface area contributed by atoms with Crippen molar-refractivity contribution < 1.29 is 27.5 Å². The van der Waals surface area contributed by atoms with Gasteiger partial charge in [0.25, 0.3) is 0 Å². The Morgan fingerprint density at radius 2 is 2.00 bits per heavy atom. The third-order valence-corrected chi connectivity index (χ3v) is 3.07. The van der Waals surface area contributed by atoms with Crippen molar-refractivity contribution in [2.24, 2.45) is 0 Å². The van der Waals surface area contributed by atoms with Gasteiger partial charge < -0.3 is 9.52 Å². The highest BCUT2D eigenvalue weighted by Crippen LogP contribution is 2.32. The minimum Gasteiger partial charge on any atom is -0.478 e. The Balaban J connectivity index is 2.35. The number of benzene rings is 1. The van der Waals surface area contributed by atoms with Crippen molar-refractivity contribution in [2.45, 2.75) is 19.5 Å². The molecule has 0 aliphatic carbocycles. The van der Waals surface area contributed by atoms with Crippen LogP contribution in [-0.4, -0.2) is 11.1 Å². The van der Waals surface area contributed by atoms with Gasteiger partial charge in [-0.3, -0.25) is 0 Å². The van der Waals surface area contributed by atoms with E-state index in [1.54, 1.807) is 6.92 Å². The molecule has 0 spiro atoms. The molecule has 0 saturated carbocycles. The van der Waals surface area contributed by atoms with Crippen LogP contribution in [0.15, 0.2) is 46.4 Å². The standard InChI is InChI=1S/C16H13F3O3/c1-2-10(15(20)21)9-13-6-7-14(22-13)11-4-3-5-12(8-11)16(17,18)19/h3-9H,2H2,1H3,(H,20,21).